The van der Waals surface area contributed by atoms with E-state index in [1.165, 1.54) is 26.5 Å². The molecule has 3 heterocycles. The number of hydrogen-bond donors (Lipinski definition) is 5. The van der Waals surface area contributed by atoms with Gasteiger partial charge in [0.25, 0.3) is 0 Å². The van der Waals surface area contributed by atoms with Gasteiger partial charge in [-0.15, -0.1) is 0 Å². The smallest absolute Gasteiger partial charge is 0.314 e. The SMILES string of the molecule is C/C=C\C1C(C)NCC[C@@H]2c3ccc(OC)cc3N(C)C2(I)C(O)C1OC(C)=O.C=C/C=C(\C=C1\C(C)=C(C(CCCC[C@@](O)(CC)CN(N)CCC)C(=O)OC)NC1C)C(C)=O.CC.CC. The fourth-order valence-electron chi connectivity index (χ4n) is 9.28. The first-order valence-corrected chi connectivity index (χ1v) is 25.5. The van der Waals surface area contributed by atoms with Crippen LogP contribution in [-0.4, -0.2) is 107 Å². The van der Waals surface area contributed by atoms with Crippen molar-refractivity contribution in [2.24, 2.45) is 17.7 Å². The molecule has 7 unspecified atom stereocenters. The van der Waals surface area contributed by atoms with E-state index in [4.69, 9.17) is 20.1 Å². The first-order chi connectivity index (χ1) is 31.8. The van der Waals surface area contributed by atoms with E-state index in [9.17, 15) is 24.6 Å². The van der Waals surface area contributed by atoms with Crippen LogP contribution in [-0.2, 0) is 23.9 Å². The van der Waals surface area contributed by atoms with Crippen LogP contribution >= 0.6 is 22.6 Å². The van der Waals surface area contributed by atoms with Crippen molar-refractivity contribution in [3.8, 4) is 5.75 Å². The average molecular weight is 1050 g/mol. The Morgan fingerprint density at radius 2 is 1.79 bits per heavy atom. The van der Waals surface area contributed by atoms with Gasteiger partial charge in [-0.2, -0.15) is 0 Å². The number of fused-ring (bicyclic) bond motifs is 3. The maximum absolute atomic E-state index is 12.7. The maximum atomic E-state index is 12.7. The molecule has 1 saturated heterocycles. The number of hydrazine groups is 1. The fraction of sp³-hybridized carbons (Fsp3) is 0.642. The number of rotatable bonds is 18. The Morgan fingerprint density at radius 3 is 2.33 bits per heavy atom. The van der Waals surface area contributed by atoms with Crippen LogP contribution in [0.1, 0.15) is 140 Å². The van der Waals surface area contributed by atoms with E-state index in [2.05, 4.69) is 64.6 Å². The van der Waals surface area contributed by atoms with Crippen LogP contribution in [0.5, 0.6) is 5.75 Å². The number of carbonyl (C=O) groups excluding carboxylic acids is 3. The Kier molecular flexibility index (Phi) is 27.7. The molecule has 380 valence electrons. The number of unbranched alkanes of at least 4 members (excludes halogenated alkanes) is 1. The molecule has 1 fully saturated rings. The molecule has 67 heavy (non-hydrogen) atoms. The summed E-state index contributed by atoms with van der Waals surface area (Å²) in [5, 5.41) is 31.4. The second-order valence-corrected chi connectivity index (χ2v) is 18.9. The predicted octanol–water partition coefficient (Wildman–Crippen LogP) is 9.24. The van der Waals surface area contributed by atoms with Gasteiger partial charge in [-0.25, -0.2) is 5.01 Å². The summed E-state index contributed by atoms with van der Waals surface area (Å²) in [5.74, 6) is 5.60. The molecular formula is C53H88IN5O8. The number of nitrogens with two attached hydrogens (primary N) is 1. The molecule has 0 saturated carbocycles. The molecule has 3 aliphatic rings. The average Bonchev–Trinajstić information content (AvgIpc) is 3.71. The van der Waals surface area contributed by atoms with Crippen LogP contribution in [0.15, 0.2) is 77.6 Å². The van der Waals surface area contributed by atoms with Crippen molar-refractivity contribution < 1.29 is 38.8 Å². The van der Waals surface area contributed by atoms with Gasteiger partial charge in [0.2, 0.25) is 0 Å². The number of carbonyl (C=O) groups is 3. The topological polar surface area (TPSA) is 176 Å². The monoisotopic (exact) mass is 1050 g/mol. The van der Waals surface area contributed by atoms with Crippen molar-refractivity contribution in [3.05, 3.63) is 83.1 Å². The van der Waals surface area contributed by atoms with Crippen molar-refractivity contribution in [2.45, 2.75) is 167 Å². The van der Waals surface area contributed by atoms with E-state index < -0.39 is 27.3 Å². The second-order valence-electron chi connectivity index (χ2n) is 17.2. The zero-order valence-corrected chi connectivity index (χ0v) is 45.8. The number of benzene rings is 1. The standard InChI is InChI=1S/C27H45N3O4.C22H31IN2O4.2C2H6/c1-8-13-22(21(6)31)17-24-19(4)25(29-20(24)5)23(26(32)34-7)14-11-12-15-27(33,10-3)18-30(28)16-9-2;1-6-7-16-13(2)24-11-10-18-17-9-8-15(28-5)12-19(17)25(4)22(18,23)21(27)20(16)29-14(3)26;2*1-2/h8,13,17,20,23,29,33H,1,9-12,14-16,18,28H2,2-7H3;6-9,12-13,16,18,20-21,24,27H,10-11H2,1-5H3;2*1-2H3/b22-13+,24-17-;7-6-;;/t20?,23?,27-;13?,16?,18-,20?,21?,22?;;/m01../s1. The Labute approximate surface area is 418 Å². The van der Waals surface area contributed by atoms with Gasteiger partial charge in [-0.05, 0) is 102 Å². The number of nitrogens with zero attached hydrogens (tertiary/aromatic N) is 2. The van der Waals surface area contributed by atoms with Gasteiger partial charge in [0.15, 0.2) is 5.78 Å². The fourth-order valence-corrected chi connectivity index (χ4v) is 10.5. The molecule has 9 atom stereocenters. The molecule has 0 bridgehead atoms. The van der Waals surface area contributed by atoms with Crippen LogP contribution in [0, 0.1) is 11.8 Å². The first-order valence-electron chi connectivity index (χ1n) is 24.4. The highest BCUT2D eigenvalue weighted by Gasteiger charge is 2.57. The third-order valence-electron chi connectivity index (χ3n) is 12.9. The molecule has 6 N–H and O–H groups in total. The highest BCUT2D eigenvalue weighted by molar-refractivity contribution is 14.1. The number of ketones is 1. The number of methoxy groups -OCH3 is 2. The van der Waals surface area contributed by atoms with Crippen LogP contribution in [0.3, 0.4) is 0 Å². The summed E-state index contributed by atoms with van der Waals surface area (Å²) in [6, 6.07) is 6.10. The maximum Gasteiger partial charge on any atom is 0.314 e. The molecule has 14 heteroatoms. The lowest BCUT2D eigenvalue weighted by Crippen LogP contribution is -2.58. The molecule has 0 aromatic heterocycles. The van der Waals surface area contributed by atoms with Gasteiger partial charge in [0.05, 0.1) is 25.7 Å². The molecule has 13 nitrogen and oxygen atoms in total. The van der Waals surface area contributed by atoms with Crippen LogP contribution in [0.4, 0.5) is 5.69 Å². The van der Waals surface area contributed by atoms with E-state index in [1.807, 2.05) is 92.8 Å². The molecule has 3 aliphatic heterocycles. The van der Waals surface area contributed by atoms with Crippen LogP contribution in [0.25, 0.3) is 0 Å². The molecule has 4 rings (SSSR count). The minimum atomic E-state index is -0.885. The lowest BCUT2D eigenvalue weighted by atomic mass is 9.83. The van der Waals surface area contributed by atoms with E-state index in [0.717, 1.165) is 67.1 Å². The highest BCUT2D eigenvalue weighted by atomic mass is 127. The Hall–Kier alpha value is -3.54. The first kappa shape index (κ1) is 61.5. The molecule has 0 aliphatic carbocycles. The van der Waals surface area contributed by atoms with E-state index in [0.29, 0.717) is 31.4 Å². The number of allylic oxidation sites excluding steroid dienone is 5. The minimum Gasteiger partial charge on any atom is -0.497 e. The van der Waals surface area contributed by atoms with Gasteiger partial charge >= 0.3 is 11.9 Å². The summed E-state index contributed by atoms with van der Waals surface area (Å²) in [6.07, 6.45) is 12.8. The molecule has 1 aromatic rings. The quantitative estimate of drug-likeness (QED) is 0.00900. The molecular weight excluding hydrogens is 962 g/mol. The lowest BCUT2D eigenvalue weighted by Gasteiger charge is -2.44. The molecule has 1 aromatic carbocycles. The number of ether oxygens (including phenoxy) is 3. The van der Waals surface area contributed by atoms with Gasteiger partial charge in [0, 0.05) is 74.0 Å². The Bertz CT molecular complexity index is 1870. The number of nitrogens with one attached hydrogen (secondary N) is 2. The van der Waals surface area contributed by atoms with Crippen LogP contribution in [0.2, 0.25) is 0 Å². The summed E-state index contributed by atoms with van der Waals surface area (Å²) in [5.41, 5.74) is 4.74. The normalized spacial score (nSPS) is 25.5. The summed E-state index contributed by atoms with van der Waals surface area (Å²) in [4.78, 5) is 38.8. The van der Waals surface area contributed by atoms with Gasteiger partial charge in [-0.1, -0.05) is 114 Å². The highest BCUT2D eigenvalue weighted by Crippen LogP contribution is 2.56. The third kappa shape index (κ3) is 16.3. The summed E-state index contributed by atoms with van der Waals surface area (Å²) in [6.45, 7) is 28.6. The van der Waals surface area contributed by atoms with Crippen molar-refractivity contribution in [2.75, 3.05) is 45.8 Å². The lowest BCUT2D eigenvalue weighted by molar-refractivity contribution is -0.157. The molecule has 0 amide bonds. The van der Waals surface area contributed by atoms with E-state index in [1.54, 1.807) is 24.3 Å². The van der Waals surface area contributed by atoms with Gasteiger partial charge in [0.1, 0.15) is 21.5 Å². The van der Waals surface area contributed by atoms with Crippen molar-refractivity contribution in [1.82, 2.24) is 15.6 Å². The van der Waals surface area contributed by atoms with Gasteiger partial charge < -0.3 is 40.0 Å². The number of aliphatic hydroxyl groups excluding tert-OH is 1. The number of Topliss-reactive ketones (excluding diaryl/α,β-unsaturated/α-hetero) is 1. The van der Waals surface area contributed by atoms with Crippen molar-refractivity contribution >= 4 is 46.0 Å². The van der Waals surface area contributed by atoms with Crippen LogP contribution < -0.4 is 26.1 Å². The van der Waals surface area contributed by atoms with E-state index in [-0.39, 0.29) is 41.6 Å². The Morgan fingerprint density at radius 1 is 1.13 bits per heavy atom. The summed E-state index contributed by atoms with van der Waals surface area (Å²) >= 11 is 2.37. The predicted molar refractivity (Wildman–Crippen MR) is 283 cm³/mol. The number of hydrogen-bond acceptors (Lipinski definition) is 13. The zero-order chi connectivity index (χ0) is 51.2. The minimum absolute atomic E-state index is 0.0333. The number of alkyl halides is 1. The Balaban J connectivity index is 0.000000629. The van der Waals surface area contributed by atoms with E-state index >= 15 is 0 Å². The van der Waals surface area contributed by atoms with Crippen molar-refractivity contribution in [1.29, 1.82) is 0 Å². The number of anilines is 1. The second kappa shape index (κ2) is 30.2. The third-order valence-corrected chi connectivity index (χ3v) is 15.0. The van der Waals surface area contributed by atoms with Gasteiger partial charge in [-0.3, -0.25) is 20.2 Å². The number of aliphatic hydroxyl groups is 2. The van der Waals surface area contributed by atoms with Crippen molar-refractivity contribution in [3.63, 3.8) is 0 Å². The molecule has 0 spiro atoms. The summed E-state index contributed by atoms with van der Waals surface area (Å²) < 4.78 is 15.6. The summed E-state index contributed by atoms with van der Waals surface area (Å²) in [7, 11) is 5.06. The largest absolute Gasteiger partial charge is 0.497 e. The number of esters is 2. The molecule has 0 radical (unpaired) electrons. The number of likely N-dealkylation sites (N-methyl/N-ethyl adjacent to an activating group) is 1. The zero-order valence-electron chi connectivity index (χ0n) is 43.6. The number of halogens is 1.